The van der Waals surface area contributed by atoms with E-state index in [0.29, 0.717) is 11.4 Å². The summed E-state index contributed by atoms with van der Waals surface area (Å²) in [5.41, 5.74) is 10.9. The number of nitrogens with one attached hydrogen (secondary N) is 1. The molecule has 0 saturated carbocycles. The van der Waals surface area contributed by atoms with Crippen LogP contribution in [0.25, 0.3) is 0 Å². The van der Waals surface area contributed by atoms with Crippen LogP contribution in [0, 0.1) is 0 Å². The van der Waals surface area contributed by atoms with E-state index in [2.05, 4.69) is 0 Å². The van der Waals surface area contributed by atoms with E-state index in [9.17, 15) is 13.2 Å². The van der Waals surface area contributed by atoms with E-state index in [0.717, 1.165) is 4.90 Å². The Morgan fingerprint density at radius 1 is 1.29 bits per heavy atom. The van der Waals surface area contributed by atoms with Gasteiger partial charge in [0.15, 0.2) is 0 Å². The van der Waals surface area contributed by atoms with Crippen molar-refractivity contribution in [2.24, 2.45) is 5.73 Å². The molecular weight excluding hydrogens is 262 g/mol. The van der Waals surface area contributed by atoms with Crippen LogP contribution in [0.15, 0.2) is 29.2 Å². The van der Waals surface area contributed by atoms with E-state index in [4.69, 9.17) is 11.5 Å². The van der Waals surface area contributed by atoms with Gasteiger partial charge in [0.1, 0.15) is 0 Å². The van der Waals surface area contributed by atoms with Gasteiger partial charge in [-0.1, -0.05) is 0 Å². The van der Waals surface area contributed by atoms with Crippen LogP contribution in [0.4, 0.5) is 10.5 Å². The first-order valence-electron chi connectivity index (χ1n) is 4.67. The van der Waals surface area contributed by atoms with Crippen LogP contribution in [-0.4, -0.2) is 26.0 Å². The zero-order valence-corrected chi connectivity index (χ0v) is 10.6. The lowest BCUT2D eigenvalue weighted by Crippen LogP contribution is -2.37. The number of rotatable bonds is 5. The summed E-state index contributed by atoms with van der Waals surface area (Å²) >= 11 is 1.36. The molecule has 6 nitrogen and oxygen atoms in total. The molecule has 0 radical (unpaired) electrons. The molecule has 1 aromatic carbocycles. The third-order valence-electron chi connectivity index (χ3n) is 1.76. The Labute approximate surface area is 104 Å². The van der Waals surface area contributed by atoms with Crippen molar-refractivity contribution in [2.75, 3.05) is 17.2 Å². The zero-order chi connectivity index (χ0) is 12.9. The number of thioether (sulfide) groups is 1. The Balaban J connectivity index is 2.42. The summed E-state index contributed by atoms with van der Waals surface area (Å²) in [7, 11) is -3.63. The summed E-state index contributed by atoms with van der Waals surface area (Å²) in [6.07, 6.45) is 0. The molecule has 0 heterocycles. The molecule has 17 heavy (non-hydrogen) atoms. The summed E-state index contributed by atoms with van der Waals surface area (Å²) in [6.45, 7) is 0. The summed E-state index contributed by atoms with van der Waals surface area (Å²) in [4.78, 5) is 11.3. The zero-order valence-electron chi connectivity index (χ0n) is 8.92. The number of benzene rings is 1. The Morgan fingerprint density at radius 3 is 2.41 bits per heavy atom. The van der Waals surface area contributed by atoms with Crippen molar-refractivity contribution in [3.63, 3.8) is 0 Å². The number of carbonyl (C=O) groups is 1. The molecule has 0 aliphatic rings. The van der Waals surface area contributed by atoms with E-state index in [1.165, 1.54) is 11.8 Å². The maximum absolute atomic E-state index is 11.2. The molecule has 0 saturated heterocycles. The second kappa shape index (κ2) is 5.78. The van der Waals surface area contributed by atoms with E-state index < -0.39 is 16.1 Å². The Morgan fingerprint density at radius 2 is 1.88 bits per heavy atom. The molecule has 94 valence electrons. The van der Waals surface area contributed by atoms with E-state index in [1.807, 2.05) is 0 Å². The molecular formula is C9H13N3O3S2. The van der Waals surface area contributed by atoms with Gasteiger partial charge in [0.25, 0.3) is 0 Å². The summed E-state index contributed by atoms with van der Waals surface area (Å²) in [6, 6.07) is 6.00. The van der Waals surface area contributed by atoms with Crippen molar-refractivity contribution in [1.82, 2.24) is 4.72 Å². The fraction of sp³-hybridized carbons (Fsp3) is 0.222. The van der Waals surface area contributed by atoms with Crippen LogP contribution in [0.2, 0.25) is 0 Å². The first-order chi connectivity index (χ1) is 7.89. The van der Waals surface area contributed by atoms with Crippen molar-refractivity contribution in [3.8, 4) is 0 Å². The van der Waals surface area contributed by atoms with Gasteiger partial charge in [0.05, 0.1) is 5.75 Å². The highest BCUT2D eigenvalue weighted by atomic mass is 32.2. The molecule has 5 N–H and O–H groups in total. The highest BCUT2D eigenvalue weighted by Gasteiger charge is 2.11. The number of nitrogen functional groups attached to an aromatic ring is 1. The van der Waals surface area contributed by atoms with Crippen LogP contribution < -0.4 is 16.2 Å². The van der Waals surface area contributed by atoms with Crippen molar-refractivity contribution >= 4 is 33.5 Å². The molecule has 0 aliphatic carbocycles. The molecule has 1 rings (SSSR count). The fourth-order valence-corrected chi connectivity index (χ4v) is 3.22. The standard InChI is InChI=1S/C9H13N3O3S2/c10-7-1-3-8(4-2-7)16-5-6-17(14,15)12-9(11)13/h1-4H,5-6,10H2,(H3,11,12,13). The van der Waals surface area contributed by atoms with Gasteiger partial charge in [-0.05, 0) is 24.3 Å². The summed E-state index contributed by atoms with van der Waals surface area (Å²) in [5, 5.41) is 0. The second-order valence-electron chi connectivity index (χ2n) is 3.20. The predicted molar refractivity (Wildman–Crippen MR) is 68.1 cm³/mol. The van der Waals surface area contributed by atoms with Gasteiger partial charge >= 0.3 is 6.03 Å². The average Bonchev–Trinajstić information content (AvgIpc) is 2.18. The van der Waals surface area contributed by atoms with Gasteiger partial charge in [0.2, 0.25) is 10.0 Å². The molecule has 0 bridgehead atoms. The number of nitrogens with two attached hydrogens (primary N) is 2. The molecule has 2 amide bonds. The Kier molecular flexibility index (Phi) is 4.64. The molecule has 0 fully saturated rings. The van der Waals surface area contributed by atoms with Crippen LogP contribution in [0.3, 0.4) is 0 Å². The number of carbonyl (C=O) groups excluding carboxylic acids is 1. The Hall–Kier alpha value is -1.41. The highest BCUT2D eigenvalue weighted by molar-refractivity contribution is 8.00. The SMILES string of the molecule is NC(=O)NS(=O)(=O)CCSc1ccc(N)cc1. The topological polar surface area (TPSA) is 115 Å². The molecule has 0 aromatic heterocycles. The normalized spacial score (nSPS) is 11.1. The molecule has 0 aliphatic heterocycles. The van der Waals surface area contributed by atoms with Crippen LogP contribution in [-0.2, 0) is 10.0 Å². The van der Waals surface area contributed by atoms with Gasteiger partial charge in [-0.2, -0.15) is 0 Å². The highest BCUT2D eigenvalue weighted by Crippen LogP contribution is 2.19. The average molecular weight is 275 g/mol. The van der Waals surface area contributed by atoms with Crippen molar-refractivity contribution < 1.29 is 13.2 Å². The largest absolute Gasteiger partial charge is 0.399 e. The van der Waals surface area contributed by atoms with Crippen LogP contribution in [0.1, 0.15) is 0 Å². The minimum Gasteiger partial charge on any atom is -0.399 e. The lowest BCUT2D eigenvalue weighted by molar-refractivity contribution is 0.253. The van der Waals surface area contributed by atoms with Gasteiger partial charge in [0, 0.05) is 16.3 Å². The first kappa shape index (κ1) is 13.7. The van der Waals surface area contributed by atoms with Gasteiger partial charge in [-0.25, -0.2) is 17.9 Å². The number of hydrogen-bond donors (Lipinski definition) is 3. The van der Waals surface area contributed by atoms with Crippen LogP contribution >= 0.6 is 11.8 Å². The predicted octanol–water partition coefficient (Wildman–Crippen LogP) is 0.359. The number of urea groups is 1. The number of hydrogen-bond acceptors (Lipinski definition) is 5. The monoisotopic (exact) mass is 275 g/mol. The number of amides is 2. The smallest absolute Gasteiger partial charge is 0.325 e. The number of sulfonamides is 1. The van der Waals surface area contributed by atoms with Crippen molar-refractivity contribution in [1.29, 1.82) is 0 Å². The van der Waals surface area contributed by atoms with Crippen molar-refractivity contribution in [3.05, 3.63) is 24.3 Å². The van der Waals surface area contributed by atoms with Gasteiger partial charge in [-0.15, -0.1) is 11.8 Å². The maximum atomic E-state index is 11.2. The lowest BCUT2D eigenvalue weighted by atomic mass is 10.3. The minimum absolute atomic E-state index is 0.176. The van der Waals surface area contributed by atoms with Gasteiger partial charge in [-0.3, -0.25) is 0 Å². The third-order valence-corrected chi connectivity index (χ3v) is 4.28. The third kappa shape index (κ3) is 5.45. The van der Waals surface area contributed by atoms with Crippen molar-refractivity contribution in [2.45, 2.75) is 4.90 Å². The van der Waals surface area contributed by atoms with E-state index in [-0.39, 0.29) is 5.75 Å². The van der Waals surface area contributed by atoms with Gasteiger partial charge < -0.3 is 11.5 Å². The molecule has 0 spiro atoms. The maximum Gasteiger partial charge on any atom is 0.325 e. The lowest BCUT2D eigenvalue weighted by Gasteiger charge is -2.04. The Bertz CT molecular complexity index is 485. The fourth-order valence-electron chi connectivity index (χ4n) is 1.04. The minimum atomic E-state index is -3.63. The molecule has 0 atom stereocenters. The number of primary amides is 1. The molecule has 8 heteroatoms. The molecule has 0 unspecified atom stereocenters. The van der Waals surface area contributed by atoms with Crippen LogP contribution in [0.5, 0.6) is 0 Å². The summed E-state index contributed by atoms with van der Waals surface area (Å²) in [5.74, 6) is 0.150. The second-order valence-corrected chi connectivity index (χ2v) is 6.21. The molecule has 1 aromatic rings. The summed E-state index contributed by atoms with van der Waals surface area (Å²) < 4.78 is 24.2. The van der Waals surface area contributed by atoms with E-state index in [1.54, 1.807) is 29.0 Å². The first-order valence-corrected chi connectivity index (χ1v) is 7.31. The number of anilines is 1. The van der Waals surface area contributed by atoms with E-state index >= 15 is 0 Å². The quantitative estimate of drug-likeness (QED) is 0.530.